The minimum absolute atomic E-state index is 0.114. The Kier molecular flexibility index (Phi) is 3.50. The summed E-state index contributed by atoms with van der Waals surface area (Å²) >= 11 is 0. The first-order valence-electron chi connectivity index (χ1n) is 7.88. The molecule has 1 aliphatic heterocycles. The number of benzene rings is 1. The minimum atomic E-state index is -3.61. The first-order chi connectivity index (χ1) is 11.4. The van der Waals surface area contributed by atoms with E-state index in [0.29, 0.717) is 35.7 Å². The highest BCUT2D eigenvalue weighted by Crippen LogP contribution is 2.40. The average Bonchev–Trinajstić information content (AvgIpc) is 3.09. The van der Waals surface area contributed by atoms with Gasteiger partial charge in [-0.25, -0.2) is 23.3 Å². The van der Waals surface area contributed by atoms with Crippen LogP contribution in [0.3, 0.4) is 0 Å². The molecule has 1 aliphatic carbocycles. The number of amides is 2. The van der Waals surface area contributed by atoms with E-state index >= 15 is 0 Å². The molecule has 2 amide bonds. The van der Waals surface area contributed by atoms with Crippen molar-refractivity contribution >= 4 is 32.8 Å². The molecule has 1 saturated heterocycles. The maximum atomic E-state index is 12.3. The van der Waals surface area contributed by atoms with Gasteiger partial charge >= 0.3 is 6.03 Å². The molecule has 3 N–H and O–H groups in total. The molecular weight excluding hydrogens is 332 g/mol. The number of primary sulfonamides is 1. The molecule has 4 rings (SSSR count). The van der Waals surface area contributed by atoms with Crippen LogP contribution >= 0.6 is 0 Å². The molecule has 0 bridgehead atoms. The number of nitrogens with zero attached hydrogens (tertiary/aromatic N) is 2. The molecule has 2 aromatic rings. The Labute approximate surface area is 139 Å². The standard InChI is InChI=1S/C15H18N4O4S/c16-24(21,22)11-5-6-19(8-11)15(20)17-10-3-4-13-12(7-10)18-14(23-13)9-1-2-9/h3-4,7,9,11H,1-2,5-6,8H2,(H,17,20)(H2,16,21,22)/t11-/m0/s1. The number of fused-ring (bicyclic) bond motifs is 1. The first kappa shape index (κ1) is 15.4. The molecule has 1 atom stereocenters. The number of aromatic nitrogens is 1. The van der Waals surface area contributed by atoms with Crippen molar-refractivity contribution in [2.24, 2.45) is 5.14 Å². The zero-order chi connectivity index (χ0) is 16.9. The van der Waals surface area contributed by atoms with E-state index in [1.807, 2.05) is 0 Å². The van der Waals surface area contributed by atoms with Gasteiger partial charge in [-0.1, -0.05) is 0 Å². The maximum absolute atomic E-state index is 12.3. The number of carbonyl (C=O) groups excluding carboxylic acids is 1. The fraction of sp³-hybridized carbons (Fsp3) is 0.467. The van der Waals surface area contributed by atoms with Crippen molar-refractivity contribution < 1.29 is 17.6 Å². The van der Waals surface area contributed by atoms with Gasteiger partial charge in [0.2, 0.25) is 10.0 Å². The summed E-state index contributed by atoms with van der Waals surface area (Å²) in [5.41, 5.74) is 2.01. The highest BCUT2D eigenvalue weighted by molar-refractivity contribution is 7.89. The zero-order valence-corrected chi connectivity index (χ0v) is 13.8. The second-order valence-corrected chi connectivity index (χ2v) is 8.23. The fourth-order valence-electron chi connectivity index (χ4n) is 2.91. The largest absolute Gasteiger partial charge is 0.440 e. The molecule has 0 spiro atoms. The third-order valence-electron chi connectivity index (χ3n) is 4.48. The average molecular weight is 350 g/mol. The van der Waals surface area contributed by atoms with Gasteiger partial charge in [-0.05, 0) is 37.5 Å². The Balaban J connectivity index is 1.46. The van der Waals surface area contributed by atoms with Crippen molar-refractivity contribution in [2.75, 3.05) is 18.4 Å². The normalized spacial score (nSPS) is 21.4. The van der Waals surface area contributed by atoms with E-state index < -0.39 is 15.3 Å². The Bertz CT molecular complexity index is 903. The van der Waals surface area contributed by atoms with E-state index in [0.717, 1.165) is 18.7 Å². The minimum Gasteiger partial charge on any atom is -0.440 e. The van der Waals surface area contributed by atoms with Crippen molar-refractivity contribution in [1.29, 1.82) is 0 Å². The number of nitrogens with one attached hydrogen (secondary N) is 1. The van der Waals surface area contributed by atoms with Gasteiger partial charge in [0.15, 0.2) is 11.5 Å². The lowest BCUT2D eigenvalue weighted by molar-refractivity contribution is 0.222. The number of nitrogens with two attached hydrogens (primary N) is 1. The topological polar surface area (TPSA) is 119 Å². The van der Waals surface area contributed by atoms with Crippen molar-refractivity contribution in [3.8, 4) is 0 Å². The van der Waals surface area contributed by atoms with Gasteiger partial charge < -0.3 is 14.6 Å². The van der Waals surface area contributed by atoms with Crippen LogP contribution in [0.1, 0.15) is 31.1 Å². The van der Waals surface area contributed by atoms with E-state index in [1.54, 1.807) is 18.2 Å². The summed E-state index contributed by atoms with van der Waals surface area (Å²) in [6.45, 7) is 0.480. The second kappa shape index (κ2) is 5.45. The molecule has 0 radical (unpaired) electrons. The van der Waals surface area contributed by atoms with Crippen molar-refractivity contribution in [1.82, 2.24) is 9.88 Å². The summed E-state index contributed by atoms with van der Waals surface area (Å²) in [5, 5.41) is 7.22. The maximum Gasteiger partial charge on any atom is 0.321 e. The lowest BCUT2D eigenvalue weighted by Gasteiger charge is -2.16. The second-order valence-electron chi connectivity index (χ2n) is 6.38. The third-order valence-corrected chi connectivity index (χ3v) is 5.79. The van der Waals surface area contributed by atoms with Gasteiger partial charge in [-0.15, -0.1) is 0 Å². The van der Waals surface area contributed by atoms with Crippen LogP contribution in [0.5, 0.6) is 0 Å². The predicted molar refractivity (Wildman–Crippen MR) is 88.1 cm³/mol. The summed E-state index contributed by atoms with van der Waals surface area (Å²) in [6, 6.07) is 4.94. The van der Waals surface area contributed by atoms with Gasteiger partial charge in [-0.2, -0.15) is 0 Å². The monoisotopic (exact) mass is 350 g/mol. The van der Waals surface area contributed by atoms with Gasteiger partial charge in [0.25, 0.3) is 0 Å². The molecule has 0 unspecified atom stereocenters. The Morgan fingerprint density at radius 1 is 1.33 bits per heavy atom. The number of hydrogen-bond donors (Lipinski definition) is 2. The smallest absolute Gasteiger partial charge is 0.321 e. The Morgan fingerprint density at radius 2 is 2.12 bits per heavy atom. The van der Waals surface area contributed by atoms with Crippen LogP contribution in [0.25, 0.3) is 11.1 Å². The quantitative estimate of drug-likeness (QED) is 0.871. The SMILES string of the molecule is NS(=O)(=O)[C@H]1CCN(C(=O)Nc2ccc3oc(C4CC4)nc3c2)C1. The number of carbonyl (C=O) groups is 1. The predicted octanol–water partition coefficient (Wildman–Crippen LogP) is 1.60. The number of sulfonamides is 1. The summed E-state index contributed by atoms with van der Waals surface area (Å²) < 4.78 is 28.4. The molecule has 24 heavy (non-hydrogen) atoms. The lowest BCUT2D eigenvalue weighted by Crippen LogP contribution is -2.36. The molecule has 2 heterocycles. The van der Waals surface area contributed by atoms with E-state index in [4.69, 9.17) is 9.56 Å². The van der Waals surface area contributed by atoms with Gasteiger partial charge in [-0.3, -0.25) is 0 Å². The van der Waals surface area contributed by atoms with Crippen molar-refractivity contribution in [3.63, 3.8) is 0 Å². The Morgan fingerprint density at radius 3 is 2.79 bits per heavy atom. The molecule has 2 aliphatic rings. The molecule has 2 fully saturated rings. The van der Waals surface area contributed by atoms with Gasteiger partial charge in [0.1, 0.15) is 5.52 Å². The van der Waals surface area contributed by atoms with Crippen molar-refractivity contribution in [2.45, 2.75) is 30.4 Å². The molecule has 1 saturated carbocycles. The number of hydrogen-bond acceptors (Lipinski definition) is 5. The van der Waals surface area contributed by atoms with Crippen molar-refractivity contribution in [3.05, 3.63) is 24.1 Å². The number of anilines is 1. The number of rotatable bonds is 3. The van der Waals surface area contributed by atoms with Crippen LogP contribution in [0, 0.1) is 0 Å². The van der Waals surface area contributed by atoms with E-state index in [1.165, 1.54) is 4.90 Å². The summed E-state index contributed by atoms with van der Waals surface area (Å²) in [5.74, 6) is 1.18. The number of oxazole rings is 1. The summed E-state index contributed by atoms with van der Waals surface area (Å²) in [6.07, 6.45) is 2.58. The van der Waals surface area contributed by atoms with Crippen LogP contribution in [0.2, 0.25) is 0 Å². The molecule has 1 aromatic heterocycles. The van der Waals surface area contributed by atoms with Crippen LogP contribution in [-0.2, 0) is 10.0 Å². The summed E-state index contributed by atoms with van der Waals surface area (Å²) in [7, 11) is -3.61. The van der Waals surface area contributed by atoms with Crippen LogP contribution < -0.4 is 10.5 Å². The van der Waals surface area contributed by atoms with Crippen LogP contribution in [0.4, 0.5) is 10.5 Å². The summed E-state index contributed by atoms with van der Waals surface area (Å²) in [4.78, 5) is 18.2. The van der Waals surface area contributed by atoms with Crippen LogP contribution in [0.15, 0.2) is 22.6 Å². The molecule has 8 nitrogen and oxygen atoms in total. The van der Waals surface area contributed by atoms with Crippen LogP contribution in [-0.4, -0.2) is 42.7 Å². The van der Waals surface area contributed by atoms with Gasteiger partial charge in [0.05, 0.1) is 5.25 Å². The number of urea groups is 1. The highest BCUT2D eigenvalue weighted by atomic mass is 32.2. The fourth-order valence-corrected chi connectivity index (χ4v) is 3.73. The van der Waals surface area contributed by atoms with E-state index in [2.05, 4.69) is 10.3 Å². The molecule has 9 heteroatoms. The highest BCUT2D eigenvalue weighted by Gasteiger charge is 2.33. The zero-order valence-electron chi connectivity index (χ0n) is 12.9. The molecule has 1 aromatic carbocycles. The van der Waals surface area contributed by atoms with Gasteiger partial charge in [0, 0.05) is 24.7 Å². The first-order valence-corrected chi connectivity index (χ1v) is 9.49. The molecule has 128 valence electrons. The number of likely N-dealkylation sites (tertiary alicyclic amines) is 1. The Hall–Kier alpha value is -2.13. The van der Waals surface area contributed by atoms with E-state index in [-0.39, 0.29) is 12.6 Å². The lowest BCUT2D eigenvalue weighted by atomic mass is 10.3. The molecular formula is C15H18N4O4S. The van der Waals surface area contributed by atoms with E-state index in [9.17, 15) is 13.2 Å². The third kappa shape index (κ3) is 2.96.